The Labute approximate surface area is 137 Å². The van der Waals surface area contributed by atoms with Crippen molar-refractivity contribution in [3.8, 4) is 5.75 Å². The Balaban J connectivity index is 1.67. The number of benzene rings is 2. The molecule has 0 radical (unpaired) electrons. The molecule has 2 aromatic carbocycles. The van der Waals surface area contributed by atoms with E-state index >= 15 is 0 Å². The second-order valence-electron chi connectivity index (χ2n) is 5.09. The summed E-state index contributed by atoms with van der Waals surface area (Å²) in [5.41, 5.74) is 3.12. The minimum absolute atomic E-state index is 0.129. The van der Waals surface area contributed by atoms with E-state index < -0.39 is 0 Å². The van der Waals surface area contributed by atoms with Crippen LogP contribution < -0.4 is 4.74 Å². The van der Waals surface area contributed by atoms with Gasteiger partial charge in [-0.2, -0.15) is 0 Å². The van der Waals surface area contributed by atoms with E-state index in [1.165, 1.54) is 11.1 Å². The van der Waals surface area contributed by atoms with Gasteiger partial charge in [0.25, 0.3) is 0 Å². The molecule has 0 aromatic heterocycles. The number of ether oxygens (including phenoxy) is 1. The number of carbonyl (C=O) groups is 1. The van der Waals surface area contributed by atoms with E-state index in [1.807, 2.05) is 12.1 Å². The smallest absolute Gasteiger partial charge is 0.163 e. The van der Waals surface area contributed by atoms with Crippen LogP contribution >= 0.6 is 27.5 Å². The van der Waals surface area contributed by atoms with E-state index in [1.54, 1.807) is 18.2 Å². The van der Waals surface area contributed by atoms with Crippen LogP contribution in [0.25, 0.3) is 0 Å². The van der Waals surface area contributed by atoms with Gasteiger partial charge >= 0.3 is 0 Å². The Hall–Kier alpha value is -1.32. The maximum atomic E-state index is 12.2. The molecule has 0 saturated carbocycles. The summed E-state index contributed by atoms with van der Waals surface area (Å²) in [7, 11) is 0. The molecule has 0 bridgehead atoms. The summed E-state index contributed by atoms with van der Waals surface area (Å²) < 4.78 is 6.24. The Morgan fingerprint density at radius 3 is 2.90 bits per heavy atom. The molecular weight excluding hydrogens is 352 g/mol. The van der Waals surface area contributed by atoms with Crippen LogP contribution in [-0.2, 0) is 12.8 Å². The lowest BCUT2D eigenvalue weighted by Gasteiger charge is -2.05. The summed E-state index contributed by atoms with van der Waals surface area (Å²) in [5, 5.41) is 0.616. The number of fused-ring (bicyclic) bond motifs is 1. The summed E-state index contributed by atoms with van der Waals surface area (Å²) in [6, 6.07) is 11.5. The molecule has 0 aliphatic carbocycles. The van der Waals surface area contributed by atoms with Gasteiger partial charge in [-0.25, -0.2) is 0 Å². The van der Waals surface area contributed by atoms with Crippen LogP contribution in [-0.4, -0.2) is 12.4 Å². The molecule has 0 N–H and O–H groups in total. The number of rotatable bonds is 4. The van der Waals surface area contributed by atoms with Crippen LogP contribution in [0.3, 0.4) is 0 Å². The summed E-state index contributed by atoms with van der Waals surface area (Å²) >= 11 is 9.29. The molecule has 1 aliphatic heterocycles. The van der Waals surface area contributed by atoms with Gasteiger partial charge in [-0.15, -0.1) is 0 Å². The number of hydrogen-bond donors (Lipinski definition) is 0. The molecule has 21 heavy (non-hydrogen) atoms. The lowest BCUT2D eigenvalue weighted by atomic mass is 10.0. The minimum Gasteiger partial charge on any atom is -0.493 e. The van der Waals surface area contributed by atoms with Crippen LogP contribution in [0.15, 0.2) is 40.9 Å². The number of aryl methyl sites for hydroxylation is 1. The molecule has 3 rings (SSSR count). The van der Waals surface area contributed by atoms with Crippen molar-refractivity contribution < 1.29 is 9.53 Å². The van der Waals surface area contributed by atoms with E-state index in [9.17, 15) is 4.79 Å². The highest BCUT2D eigenvalue weighted by atomic mass is 79.9. The van der Waals surface area contributed by atoms with E-state index in [4.69, 9.17) is 16.3 Å². The summed E-state index contributed by atoms with van der Waals surface area (Å²) in [6.45, 7) is 0.760. The average Bonchev–Trinajstić information content (AvgIpc) is 2.95. The molecule has 1 heterocycles. The van der Waals surface area contributed by atoms with Gasteiger partial charge < -0.3 is 4.74 Å². The molecule has 4 heteroatoms. The van der Waals surface area contributed by atoms with Crippen LogP contribution in [0.1, 0.15) is 27.9 Å². The number of Topliss-reactive ketones (excluding diaryl/α,β-unsaturated/α-hetero) is 1. The predicted molar refractivity (Wildman–Crippen MR) is 87.4 cm³/mol. The number of halogens is 2. The molecular formula is C17H14BrClO2. The largest absolute Gasteiger partial charge is 0.493 e. The molecule has 0 fully saturated rings. The Morgan fingerprint density at radius 1 is 1.24 bits per heavy atom. The normalized spacial score (nSPS) is 12.9. The standard InChI is InChI=1S/C17H14BrClO2/c18-14-10-12(3-4-15(14)19)16(20)5-1-11-2-6-17-13(9-11)7-8-21-17/h2-4,6,9-10H,1,5,7-8H2. The van der Waals surface area contributed by atoms with Crippen molar-refractivity contribution in [3.63, 3.8) is 0 Å². The third-order valence-corrected chi connectivity index (χ3v) is 4.85. The van der Waals surface area contributed by atoms with Crippen molar-refractivity contribution >= 4 is 33.3 Å². The maximum absolute atomic E-state index is 12.2. The maximum Gasteiger partial charge on any atom is 0.163 e. The van der Waals surface area contributed by atoms with Gasteiger partial charge in [-0.3, -0.25) is 4.79 Å². The van der Waals surface area contributed by atoms with Gasteiger partial charge in [0, 0.05) is 22.9 Å². The van der Waals surface area contributed by atoms with Gasteiger partial charge in [0.2, 0.25) is 0 Å². The van der Waals surface area contributed by atoms with Crippen LogP contribution in [0.4, 0.5) is 0 Å². The van der Waals surface area contributed by atoms with Crippen LogP contribution in [0.2, 0.25) is 5.02 Å². The second kappa shape index (κ2) is 6.20. The number of hydrogen-bond acceptors (Lipinski definition) is 2. The predicted octanol–water partition coefficient (Wildman–Crippen LogP) is 4.85. The number of carbonyl (C=O) groups excluding carboxylic acids is 1. The zero-order valence-electron chi connectivity index (χ0n) is 11.4. The molecule has 0 spiro atoms. The second-order valence-corrected chi connectivity index (χ2v) is 6.35. The van der Waals surface area contributed by atoms with Crippen molar-refractivity contribution in [1.82, 2.24) is 0 Å². The minimum atomic E-state index is 0.129. The lowest BCUT2D eigenvalue weighted by molar-refractivity contribution is 0.0983. The van der Waals surface area contributed by atoms with Crippen molar-refractivity contribution in [1.29, 1.82) is 0 Å². The first-order chi connectivity index (χ1) is 10.1. The van der Waals surface area contributed by atoms with Gasteiger partial charge in [0.05, 0.1) is 11.6 Å². The van der Waals surface area contributed by atoms with E-state index in [2.05, 4.69) is 22.0 Å². The third kappa shape index (κ3) is 3.30. The number of ketones is 1. The Bertz CT molecular complexity index is 697. The first kappa shape index (κ1) is 14.6. The van der Waals surface area contributed by atoms with Crippen molar-refractivity contribution in [3.05, 3.63) is 62.6 Å². The van der Waals surface area contributed by atoms with Crippen LogP contribution in [0.5, 0.6) is 5.75 Å². The highest BCUT2D eigenvalue weighted by molar-refractivity contribution is 9.10. The molecule has 1 aliphatic rings. The summed E-state index contributed by atoms with van der Waals surface area (Å²) in [6.07, 6.45) is 2.20. The SMILES string of the molecule is O=C(CCc1ccc2c(c1)CCO2)c1ccc(Cl)c(Br)c1. The Morgan fingerprint density at radius 2 is 2.10 bits per heavy atom. The van der Waals surface area contributed by atoms with Crippen molar-refractivity contribution in [2.24, 2.45) is 0 Å². The van der Waals surface area contributed by atoms with Gasteiger partial charge in [0.1, 0.15) is 5.75 Å². The van der Waals surface area contributed by atoms with Gasteiger partial charge in [-0.05, 0) is 57.7 Å². The highest BCUT2D eigenvalue weighted by Crippen LogP contribution is 2.27. The molecule has 0 unspecified atom stereocenters. The molecule has 0 atom stereocenters. The first-order valence-corrected chi connectivity index (χ1v) is 8.03. The summed E-state index contributed by atoms with van der Waals surface area (Å²) in [5.74, 6) is 1.11. The highest BCUT2D eigenvalue weighted by Gasteiger charge is 2.13. The zero-order valence-corrected chi connectivity index (χ0v) is 13.7. The van der Waals surface area contributed by atoms with Crippen LogP contribution in [0, 0.1) is 0 Å². The fourth-order valence-corrected chi connectivity index (χ4v) is 2.96. The van der Waals surface area contributed by atoms with Gasteiger partial charge in [0.15, 0.2) is 5.78 Å². The topological polar surface area (TPSA) is 26.3 Å². The summed E-state index contributed by atoms with van der Waals surface area (Å²) in [4.78, 5) is 12.2. The van der Waals surface area contributed by atoms with E-state index in [-0.39, 0.29) is 5.78 Å². The molecule has 2 aromatic rings. The molecule has 108 valence electrons. The quantitative estimate of drug-likeness (QED) is 0.724. The fourth-order valence-electron chi connectivity index (χ4n) is 2.47. The Kier molecular flexibility index (Phi) is 4.32. The lowest BCUT2D eigenvalue weighted by Crippen LogP contribution is -2.01. The molecule has 0 saturated heterocycles. The average molecular weight is 366 g/mol. The van der Waals surface area contributed by atoms with E-state index in [0.29, 0.717) is 17.0 Å². The monoisotopic (exact) mass is 364 g/mol. The molecule has 2 nitrogen and oxygen atoms in total. The van der Waals surface area contributed by atoms with Crippen molar-refractivity contribution in [2.45, 2.75) is 19.3 Å². The zero-order chi connectivity index (χ0) is 14.8. The third-order valence-electron chi connectivity index (χ3n) is 3.64. The van der Waals surface area contributed by atoms with Gasteiger partial charge in [-0.1, -0.05) is 23.7 Å². The van der Waals surface area contributed by atoms with Crippen molar-refractivity contribution in [2.75, 3.05) is 6.61 Å². The molecule has 0 amide bonds. The van der Waals surface area contributed by atoms with E-state index in [0.717, 1.165) is 29.7 Å². The first-order valence-electron chi connectivity index (χ1n) is 6.86. The fraction of sp³-hybridized carbons (Fsp3) is 0.235.